The van der Waals surface area contributed by atoms with Crippen LogP contribution in [-0.2, 0) is 4.79 Å². The number of carbonyl (C=O) groups is 1. The van der Waals surface area contributed by atoms with E-state index in [9.17, 15) is 15.2 Å². The minimum absolute atomic E-state index is 0.225. The Morgan fingerprint density at radius 1 is 1.32 bits per heavy atom. The Kier molecular flexibility index (Phi) is 3.39. The first-order chi connectivity index (χ1) is 9.04. The Morgan fingerprint density at radius 2 is 1.95 bits per heavy atom. The molecule has 1 unspecified atom stereocenters. The summed E-state index contributed by atoms with van der Waals surface area (Å²) in [6.07, 6.45) is 1.58. The van der Waals surface area contributed by atoms with Gasteiger partial charge in [-0.25, -0.2) is 4.79 Å². The lowest BCUT2D eigenvalue weighted by Gasteiger charge is -2.24. The molecule has 1 atom stereocenters. The predicted octanol–water partition coefficient (Wildman–Crippen LogP) is 2.45. The quantitative estimate of drug-likeness (QED) is 0.850. The molecule has 0 aliphatic carbocycles. The highest BCUT2D eigenvalue weighted by molar-refractivity contribution is 5.91. The van der Waals surface area contributed by atoms with Crippen LogP contribution in [0.25, 0.3) is 0 Å². The van der Waals surface area contributed by atoms with E-state index in [-0.39, 0.29) is 5.57 Å². The van der Waals surface area contributed by atoms with E-state index < -0.39 is 11.9 Å². The van der Waals surface area contributed by atoms with Crippen LogP contribution in [0.15, 0.2) is 47.3 Å². The Labute approximate surface area is 111 Å². The maximum absolute atomic E-state index is 11.4. The van der Waals surface area contributed by atoms with E-state index in [1.165, 1.54) is 0 Å². The van der Waals surface area contributed by atoms with Crippen molar-refractivity contribution in [2.75, 3.05) is 0 Å². The fraction of sp³-hybridized carbons (Fsp3) is 0.200. The summed E-state index contributed by atoms with van der Waals surface area (Å²) in [4.78, 5) is 11.4. The van der Waals surface area contributed by atoms with E-state index in [0.717, 1.165) is 11.1 Å². The molecule has 0 radical (unpaired) electrons. The van der Waals surface area contributed by atoms with Gasteiger partial charge in [0.25, 0.3) is 0 Å². The number of nitriles is 1. The summed E-state index contributed by atoms with van der Waals surface area (Å²) in [5, 5.41) is 21.4. The molecule has 0 amide bonds. The summed E-state index contributed by atoms with van der Waals surface area (Å²) in [5.41, 5.74) is 3.11. The van der Waals surface area contributed by atoms with Gasteiger partial charge >= 0.3 is 5.97 Å². The van der Waals surface area contributed by atoms with Gasteiger partial charge in [0.15, 0.2) is 0 Å². The molecule has 1 heterocycles. The first kappa shape index (κ1) is 12.9. The van der Waals surface area contributed by atoms with Gasteiger partial charge < -0.3 is 10.4 Å². The van der Waals surface area contributed by atoms with Gasteiger partial charge in [-0.1, -0.05) is 29.8 Å². The van der Waals surface area contributed by atoms with Crippen molar-refractivity contribution < 1.29 is 9.90 Å². The van der Waals surface area contributed by atoms with Gasteiger partial charge in [-0.3, -0.25) is 0 Å². The lowest BCUT2D eigenvalue weighted by Crippen LogP contribution is -2.24. The third-order valence-corrected chi connectivity index (χ3v) is 3.22. The molecule has 0 aromatic heterocycles. The number of allylic oxidation sites excluding steroid dienone is 2. The number of hydrogen-bond donors (Lipinski definition) is 2. The molecular weight excluding hydrogens is 240 g/mol. The molecule has 1 aliphatic rings. The number of carboxylic acid groups (broad SMARTS) is 1. The molecule has 1 aromatic rings. The van der Waals surface area contributed by atoms with Crippen molar-refractivity contribution >= 4 is 5.97 Å². The Hall–Kier alpha value is -2.54. The maximum Gasteiger partial charge on any atom is 0.334 e. The third kappa shape index (κ3) is 2.36. The number of dihydropyridines is 1. The van der Waals surface area contributed by atoms with E-state index in [2.05, 4.69) is 11.4 Å². The number of aliphatic carboxylic acids is 1. The predicted molar refractivity (Wildman–Crippen MR) is 71.1 cm³/mol. The number of hydrogen-bond acceptors (Lipinski definition) is 3. The molecule has 0 saturated carbocycles. The van der Waals surface area contributed by atoms with E-state index in [4.69, 9.17) is 0 Å². The van der Waals surface area contributed by atoms with E-state index in [1.54, 1.807) is 13.1 Å². The summed E-state index contributed by atoms with van der Waals surface area (Å²) in [6, 6.07) is 9.64. The molecule has 1 aliphatic heterocycles. The first-order valence-electron chi connectivity index (χ1n) is 5.92. The Balaban J connectivity index is 2.56. The molecule has 4 heteroatoms. The van der Waals surface area contributed by atoms with Gasteiger partial charge in [-0.05, 0) is 19.4 Å². The lowest BCUT2D eigenvalue weighted by molar-refractivity contribution is -0.133. The number of rotatable bonds is 2. The highest BCUT2D eigenvalue weighted by Gasteiger charge is 2.30. The van der Waals surface area contributed by atoms with Crippen molar-refractivity contribution in [3.63, 3.8) is 0 Å². The van der Waals surface area contributed by atoms with Gasteiger partial charge in [0.2, 0.25) is 0 Å². The molecule has 96 valence electrons. The zero-order valence-corrected chi connectivity index (χ0v) is 10.8. The van der Waals surface area contributed by atoms with Crippen LogP contribution in [0.3, 0.4) is 0 Å². The summed E-state index contributed by atoms with van der Waals surface area (Å²) < 4.78 is 0. The average molecular weight is 254 g/mol. The molecule has 19 heavy (non-hydrogen) atoms. The second-order valence-corrected chi connectivity index (χ2v) is 4.54. The van der Waals surface area contributed by atoms with Crippen molar-refractivity contribution in [3.8, 4) is 6.07 Å². The molecule has 1 aromatic carbocycles. The third-order valence-electron chi connectivity index (χ3n) is 3.22. The average Bonchev–Trinajstić information content (AvgIpc) is 2.39. The molecule has 2 N–H and O–H groups in total. The molecule has 0 fully saturated rings. The number of carboxylic acids is 1. The van der Waals surface area contributed by atoms with Crippen LogP contribution in [0.1, 0.15) is 24.0 Å². The normalized spacial score (nSPS) is 18.4. The summed E-state index contributed by atoms with van der Waals surface area (Å²) in [5.74, 6) is -1.51. The van der Waals surface area contributed by atoms with Crippen LogP contribution in [-0.4, -0.2) is 11.1 Å². The van der Waals surface area contributed by atoms with Crippen LogP contribution >= 0.6 is 0 Å². The Morgan fingerprint density at radius 3 is 2.47 bits per heavy atom. The van der Waals surface area contributed by atoms with Crippen molar-refractivity contribution in [1.82, 2.24) is 5.32 Å². The van der Waals surface area contributed by atoms with Crippen LogP contribution in [0.4, 0.5) is 0 Å². The zero-order chi connectivity index (χ0) is 14.0. The van der Waals surface area contributed by atoms with Crippen molar-refractivity contribution in [2.45, 2.75) is 19.8 Å². The second-order valence-electron chi connectivity index (χ2n) is 4.54. The van der Waals surface area contributed by atoms with E-state index >= 15 is 0 Å². The highest BCUT2D eigenvalue weighted by atomic mass is 16.4. The SMILES string of the molecule is CC1=C(C(=O)O)C(c2ccc(C)cc2)C(C#N)=CN1. The molecule has 4 nitrogen and oxygen atoms in total. The summed E-state index contributed by atoms with van der Waals surface area (Å²) in [7, 11) is 0. The van der Waals surface area contributed by atoms with Crippen LogP contribution in [0.2, 0.25) is 0 Å². The van der Waals surface area contributed by atoms with Crippen molar-refractivity contribution in [2.24, 2.45) is 0 Å². The van der Waals surface area contributed by atoms with Crippen molar-refractivity contribution in [3.05, 3.63) is 58.4 Å². The van der Waals surface area contributed by atoms with Gasteiger partial charge in [0, 0.05) is 11.9 Å². The standard InChI is InChI=1S/C15H14N2O2/c1-9-3-5-11(6-4-9)14-12(7-16)8-17-10(2)13(14)15(18)19/h3-6,8,14,17H,1-2H3,(H,18,19). The fourth-order valence-corrected chi connectivity index (χ4v) is 2.20. The van der Waals surface area contributed by atoms with Gasteiger partial charge in [-0.2, -0.15) is 5.26 Å². The number of nitrogens with one attached hydrogen (secondary N) is 1. The summed E-state index contributed by atoms with van der Waals surface area (Å²) >= 11 is 0. The zero-order valence-electron chi connectivity index (χ0n) is 10.8. The molecule has 0 bridgehead atoms. The monoisotopic (exact) mass is 254 g/mol. The minimum Gasteiger partial charge on any atom is -0.478 e. The van der Waals surface area contributed by atoms with Crippen LogP contribution < -0.4 is 5.32 Å². The molecule has 0 saturated heterocycles. The highest BCUT2D eigenvalue weighted by Crippen LogP contribution is 2.35. The topological polar surface area (TPSA) is 73.1 Å². The number of nitrogens with zero attached hydrogens (tertiary/aromatic N) is 1. The minimum atomic E-state index is -1.00. The fourth-order valence-electron chi connectivity index (χ4n) is 2.20. The molecule has 0 spiro atoms. The van der Waals surface area contributed by atoms with Crippen LogP contribution in [0.5, 0.6) is 0 Å². The van der Waals surface area contributed by atoms with Crippen molar-refractivity contribution in [1.29, 1.82) is 5.26 Å². The van der Waals surface area contributed by atoms with E-state index in [0.29, 0.717) is 11.3 Å². The first-order valence-corrected chi connectivity index (χ1v) is 5.92. The Bertz CT molecular complexity index is 619. The van der Waals surface area contributed by atoms with Gasteiger partial charge in [-0.15, -0.1) is 0 Å². The number of aryl methyl sites for hydroxylation is 1. The largest absolute Gasteiger partial charge is 0.478 e. The molecular formula is C15H14N2O2. The lowest BCUT2D eigenvalue weighted by atomic mass is 9.82. The van der Waals surface area contributed by atoms with E-state index in [1.807, 2.05) is 31.2 Å². The maximum atomic E-state index is 11.4. The smallest absolute Gasteiger partial charge is 0.334 e. The van der Waals surface area contributed by atoms with Gasteiger partial charge in [0.05, 0.1) is 23.1 Å². The summed E-state index contributed by atoms with van der Waals surface area (Å²) in [6.45, 7) is 3.67. The second kappa shape index (κ2) is 4.99. The van der Waals surface area contributed by atoms with Gasteiger partial charge in [0.1, 0.15) is 0 Å². The number of benzene rings is 1. The molecule has 2 rings (SSSR count). The van der Waals surface area contributed by atoms with Crippen LogP contribution in [0, 0.1) is 18.3 Å².